The van der Waals surface area contributed by atoms with E-state index in [1.54, 1.807) is 6.92 Å². The van der Waals surface area contributed by atoms with Gasteiger partial charge in [-0.25, -0.2) is 13.2 Å². The Morgan fingerprint density at radius 2 is 1.80 bits per heavy atom. The fourth-order valence-electron chi connectivity index (χ4n) is 3.74. The molecule has 2 heterocycles. The van der Waals surface area contributed by atoms with Gasteiger partial charge in [-0.3, -0.25) is 4.79 Å². The first-order valence-electron chi connectivity index (χ1n) is 9.10. The smallest absolute Gasteiger partial charge is 0.328 e. The summed E-state index contributed by atoms with van der Waals surface area (Å²) in [5.41, 5.74) is 5.73. The zero-order chi connectivity index (χ0) is 22.4. The highest BCUT2D eigenvalue weighted by atomic mass is 19.4. The predicted molar refractivity (Wildman–Crippen MR) is 92.4 cm³/mol. The molecule has 1 aliphatic heterocycles. The molecule has 30 heavy (non-hydrogen) atoms. The number of nitrogens with zero attached hydrogens (tertiary/aromatic N) is 4. The molecule has 3 atom stereocenters. The summed E-state index contributed by atoms with van der Waals surface area (Å²) in [4.78, 5) is 14.1. The highest BCUT2D eigenvalue weighted by Gasteiger charge is 2.43. The summed E-state index contributed by atoms with van der Waals surface area (Å²) >= 11 is 0. The van der Waals surface area contributed by atoms with Crippen LogP contribution >= 0.6 is 0 Å². The van der Waals surface area contributed by atoms with Gasteiger partial charge in [-0.05, 0) is 31.9 Å². The largest absolute Gasteiger partial charge is 0.451 e. The first kappa shape index (κ1) is 22.1. The fourth-order valence-corrected chi connectivity index (χ4v) is 3.74. The van der Waals surface area contributed by atoms with Crippen LogP contribution in [0.2, 0.25) is 0 Å². The highest BCUT2D eigenvalue weighted by molar-refractivity contribution is 5.77. The lowest BCUT2D eigenvalue weighted by Crippen LogP contribution is -2.49. The number of hydrogen-bond donors (Lipinski definition) is 1. The van der Waals surface area contributed by atoms with Gasteiger partial charge in [0.25, 0.3) is 0 Å². The van der Waals surface area contributed by atoms with Crippen molar-refractivity contribution in [1.82, 2.24) is 19.7 Å². The number of alkyl halides is 3. The Kier molecular flexibility index (Phi) is 5.81. The quantitative estimate of drug-likeness (QED) is 0.592. The first-order valence-corrected chi connectivity index (χ1v) is 9.10. The van der Waals surface area contributed by atoms with Gasteiger partial charge in [-0.1, -0.05) is 0 Å². The van der Waals surface area contributed by atoms with Crippen molar-refractivity contribution >= 4 is 5.91 Å². The molecule has 0 fully saturated rings. The molecule has 0 bridgehead atoms. The van der Waals surface area contributed by atoms with Gasteiger partial charge in [0.1, 0.15) is 5.82 Å². The second kappa shape index (κ2) is 7.89. The van der Waals surface area contributed by atoms with E-state index in [4.69, 9.17) is 5.73 Å². The van der Waals surface area contributed by atoms with Crippen LogP contribution in [-0.4, -0.2) is 37.7 Å². The molecule has 1 aromatic carbocycles. The number of aromatic nitrogens is 3. The lowest BCUT2D eigenvalue weighted by Gasteiger charge is -2.39. The number of amides is 1. The molecule has 2 unspecified atom stereocenters. The van der Waals surface area contributed by atoms with E-state index in [2.05, 4.69) is 10.2 Å². The summed E-state index contributed by atoms with van der Waals surface area (Å²) in [5.74, 6) is -5.16. The SMILES string of the molecule is CC1Cn2c(nnc2C(F)(F)F)C(C)N1C(=O)C[C@H](N)Cc1cc(F)c(F)cc1F. The van der Waals surface area contributed by atoms with E-state index in [0.717, 1.165) is 4.57 Å². The summed E-state index contributed by atoms with van der Waals surface area (Å²) in [7, 11) is 0. The molecular formula is C18H19F6N5O. The van der Waals surface area contributed by atoms with Crippen LogP contribution < -0.4 is 5.73 Å². The van der Waals surface area contributed by atoms with E-state index in [0.29, 0.717) is 12.1 Å². The topological polar surface area (TPSA) is 77.0 Å². The molecule has 3 rings (SSSR count). The number of rotatable bonds is 4. The van der Waals surface area contributed by atoms with Gasteiger partial charge >= 0.3 is 6.18 Å². The molecule has 12 heteroatoms. The van der Waals surface area contributed by atoms with Gasteiger partial charge < -0.3 is 15.2 Å². The Labute approximate surface area is 167 Å². The average molecular weight is 435 g/mol. The Bertz CT molecular complexity index is 959. The van der Waals surface area contributed by atoms with Crippen LogP contribution in [0.25, 0.3) is 0 Å². The average Bonchev–Trinajstić information content (AvgIpc) is 3.03. The maximum atomic E-state index is 13.8. The summed E-state index contributed by atoms with van der Waals surface area (Å²) in [6.45, 7) is 2.95. The molecule has 0 radical (unpaired) electrons. The Hall–Kier alpha value is -2.63. The molecule has 164 valence electrons. The number of nitrogens with two attached hydrogens (primary N) is 1. The summed E-state index contributed by atoms with van der Waals surface area (Å²) < 4.78 is 80.4. The van der Waals surface area contributed by atoms with Crippen molar-refractivity contribution in [3.05, 3.63) is 46.8 Å². The maximum Gasteiger partial charge on any atom is 0.451 e. The van der Waals surface area contributed by atoms with Gasteiger partial charge in [0.2, 0.25) is 11.7 Å². The van der Waals surface area contributed by atoms with Crippen LogP contribution in [0.15, 0.2) is 12.1 Å². The standard InChI is InChI=1S/C18H19F6N5O/c1-8-7-28-16(26-27-17(28)18(22,23)24)9(2)29(8)15(30)5-11(25)3-10-4-13(20)14(21)6-12(10)19/h4,6,8-9,11H,3,5,7,25H2,1-2H3/t8?,9?,11-/m1/s1. The molecule has 0 saturated heterocycles. The summed E-state index contributed by atoms with van der Waals surface area (Å²) in [5, 5.41) is 6.80. The molecule has 1 aliphatic rings. The van der Waals surface area contributed by atoms with Crippen LogP contribution in [0.1, 0.15) is 43.5 Å². The van der Waals surface area contributed by atoms with Gasteiger partial charge in [-0.15, -0.1) is 10.2 Å². The number of fused-ring (bicyclic) bond motifs is 1. The molecule has 0 aliphatic carbocycles. The lowest BCUT2D eigenvalue weighted by molar-refractivity contribution is -0.149. The van der Waals surface area contributed by atoms with Crippen molar-refractivity contribution in [2.75, 3.05) is 0 Å². The second-order valence-electron chi connectivity index (χ2n) is 7.34. The molecule has 0 spiro atoms. The third-order valence-electron chi connectivity index (χ3n) is 5.04. The summed E-state index contributed by atoms with van der Waals surface area (Å²) in [6, 6.07) is -1.23. The number of carbonyl (C=O) groups is 1. The predicted octanol–water partition coefficient (Wildman–Crippen LogP) is 2.97. The van der Waals surface area contributed by atoms with Gasteiger partial charge in [0.05, 0.1) is 6.04 Å². The van der Waals surface area contributed by atoms with E-state index < -0.39 is 53.5 Å². The summed E-state index contributed by atoms with van der Waals surface area (Å²) in [6.07, 6.45) is -5.17. The van der Waals surface area contributed by atoms with Crippen LogP contribution in [-0.2, 0) is 23.9 Å². The van der Waals surface area contributed by atoms with Gasteiger partial charge in [0.15, 0.2) is 17.5 Å². The third kappa shape index (κ3) is 4.13. The normalized spacial score (nSPS) is 20.2. The number of halogens is 6. The first-order chi connectivity index (χ1) is 13.9. The molecular weight excluding hydrogens is 416 g/mol. The second-order valence-corrected chi connectivity index (χ2v) is 7.34. The molecule has 1 amide bonds. The van der Waals surface area contributed by atoms with Crippen LogP contribution in [0.3, 0.4) is 0 Å². The molecule has 2 N–H and O–H groups in total. The van der Waals surface area contributed by atoms with Crippen LogP contribution in [0.5, 0.6) is 0 Å². The Morgan fingerprint density at radius 3 is 2.43 bits per heavy atom. The maximum absolute atomic E-state index is 13.8. The highest BCUT2D eigenvalue weighted by Crippen LogP contribution is 2.34. The van der Waals surface area contributed by atoms with Crippen LogP contribution in [0.4, 0.5) is 26.3 Å². The number of carbonyl (C=O) groups excluding carboxylic acids is 1. The molecule has 6 nitrogen and oxygen atoms in total. The van der Waals surface area contributed by atoms with E-state index in [9.17, 15) is 31.1 Å². The zero-order valence-electron chi connectivity index (χ0n) is 16.1. The van der Waals surface area contributed by atoms with E-state index in [1.807, 2.05) is 0 Å². The van der Waals surface area contributed by atoms with Crippen molar-refractivity contribution in [2.45, 2.75) is 57.5 Å². The molecule has 0 saturated carbocycles. The zero-order valence-corrected chi connectivity index (χ0v) is 16.1. The van der Waals surface area contributed by atoms with Crippen molar-refractivity contribution in [2.24, 2.45) is 5.73 Å². The van der Waals surface area contributed by atoms with Crippen LogP contribution in [0, 0.1) is 17.5 Å². The monoisotopic (exact) mass is 435 g/mol. The van der Waals surface area contributed by atoms with Gasteiger partial charge in [-0.2, -0.15) is 13.2 Å². The minimum atomic E-state index is -4.67. The lowest BCUT2D eigenvalue weighted by atomic mass is 10.0. The van der Waals surface area contributed by atoms with E-state index >= 15 is 0 Å². The fraction of sp³-hybridized carbons (Fsp3) is 0.500. The van der Waals surface area contributed by atoms with Crippen molar-refractivity contribution in [3.63, 3.8) is 0 Å². The Balaban J connectivity index is 1.74. The number of benzene rings is 1. The van der Waals surface area contributed by atoms with Crippen molar-refractivity contribution in [3.8, 4) is 0 Å². The number of hydrogen-bond acceptors (Lipinski definition) is 4. The minimum Gasteiger partial charge on any atom is -0.328 e. The molecule has 2 aromatic rings. The molecule has 1 aromatic heterocycles. The van der Waals surface area contributed by atoms with Crippen molar-refractivity contribution in [1.29, 1.82) is 0 Å². The minimum absolute atomic E-state index is 0.00556. The van der Waals surface area contributed by atoms with Crippen molar-refractivity contribution < 1.29 is 31.1 Å². The van der Waals surface area contributed by atoms with Gasteiger partial charge in [0, 0.05) is 31.1 Å². The van der Waals surface area contributed by atoms with E-state index in [-0.39, 0.29) is 30.8 Å². The Morgan fingerprint density at radius 1 is 1.17 bits per heavy atom. The third-order valence-corrected chi connectivity index (χ3v) is 5.04. The van der Waals surface area contributed by atoms with E-state index in [1.165, 1.54) is 11.8 Å².